The van der Waals surface area contributed by atoms with E-state index < -0.39 is 8.32 Å². The maximum absolute atomic E-state index is 6.35. The topological polar surface area (TPSA) is 40.8 Å². The van der Waals surface area contributed by atoms with Crippen LogP contribution in [0.15, 0.2) is 267 Å². The Morgan fingerprint density at radius 1 is 0.331 bits per heavy atom. The highest BCUT2D eigenvalue weighted by Crippen LogP contribution is 2.61. The Kier molecular flexibility index (Phi) is 38.1. The van der Waals surface area contributed by atoms with Gasteiger partial charge in [-0.25, -0.2) is 0 Å². The van der Waals surface area contributed by atoms with Crippen LogP contribution >= 0.6 is 0 Å². The summed E-state index contributed by atoms with van der Waals surface area (Å²) in [6, 6.07) is 95.5. The number of H-pyrrole nitrogens is 2. The van der Waals surface area contributed by atoms with Crippen molar-refractivity contribution in [3.63, 3.8) is 0 Å². The number of nitrogens with one attached hydrogen (secondary N) is 2. The average molecular weight is 1710 g/mol. The Labute approximate surface area is 773 Å². The molecular weight excluding hydrogens is 1550 g/mol. The predicted molar refractivity (Wildman–Crippen MR) is 555 cm³/mol. The molecule has 4 bridgehead atoms. The van der Waals surface area contributed by atoms with Crippen molar-refractivity contribution in [1.29, 1.82) is 0 Å². The van der Waals surface area contributed by atoms with Crippen molar-refractivity contribution in [3.8, 4) is 0 Å². The fraction of sp³-hybridized carbons (Fsp3) is 0.398. The first-order valence-electron chi connectivity index (χ1n) is 47.8. The monoisotopic (exact) mass is 1710 g/mol. The van der Waals surface area contributed by atoms with E-state index in [0.29, 0.717) is 0 Å². The molecule has 127 heavy (non-hydrogen) atoms. The fourth-order valence-electron chi connectivity index (χ4n) is 19.1. The van der Waals surface area contributed by atoms with Crippen LogP contribution in [0.25, 0.3) is 0 Å². The van der Waals surface area contributed by atoms with E-state index in [1.807, 2.05) is 20.0 Å². The molecule has 4 aliphatic carbocycles. The first-order valence-corrected chi connectivity index (χ1v) is 50.9. The Bertz CT molecular complexity index is 5170. The lowest BCUT2D eigenvalue weighted by atomic mass is 9.82. The smallest absolute Gasteiger partial charge is 0.187 e. The van der Waals surface area contributed by atoms with Gasteiger partial charge in [0.15, 0.2) is 8.32 Å². The van der Waals surface area contributed by atoms with Crippen molar-refractivity contribution in [2.75, 3.05) is 0 Å². The number of aromatic nitrogens is 2. The summed E-state index contributed by atoms with van der Waals surface area (Å²) in [5.41, 5.74) is 42.6. The highest BCUT2D eigenvalue weighted by atomic mass is 28.4. The third kappa shape index (κ3) is 34.3. The van der Waals surface area contributed by atoms with Crippen molar-refractivity contribution in [1.82, 2.24) is 9.97 Å². The lowest BCUT2D eigenvalue weighted by Crippen LogP contribution is -2.39. The number of aryl methyl sites for hydroxylation is 12. The van der Waals surface area contributed by atoms with E-state index in [9.17, 15) is 0 Å². The van der Waals surface area contributed by atoms with Crippen molar-refractivity contribution in [2.24, 2.45) is 34.5 Å². The summed E-state index contributed by atoms with van der Waals surface area (Å²) in [5, 5.41) is 0. The number of hydrogen-bond donors (Lipinski definition) is 2. The molecular formula is C123H160N2OSi. The molecule has 11 aromatic carbocycles. The molecule has 672 valence electrons. The highest BCUT2D eigenvalue weighted by molar-refractivity contribution is 6.71. The Morgan fingerprint density at radius 3 is 0.803 bits per heavy atom. The number of benzene rings is 11. The summed E-state index contributed by atoms with van der Waals surface area (Å²) in [4.78, 5) is 6.21. The SMILES string of the molecule is CC12CCC(C)(CC1)C2.CC1C2CCC(C2)C1C.Cc1c(C)c(C)c(CC[Si](C)(C)OC(C)(C)C)c(C)c1C.Cc1cc[nH]c1C.Cc1ccc(C)[nH]1.Cc1ccc(Cc2ccc(C)cc2)cc1.Cc1ccc(Cc2ccc(Cc3ccc(Cc4ccc(C)cc4)cc3)cc2)cc1.Cc1ccc(Cc2cccc(C)c2)cc1.Cc1cccc(Cc2cccc(C)c2)c1. The zero-order valence-electron chi connectivity index (χ0n) is 83.4. The minimum Gasteiger partial charge on any atom is -0.413 e. The maximum atomic E-state index is 6.35. The molecule has 0 saturated heterocycles. The van der Waals surface area contributed by atoms with Gasteiger partial charge in [-0.3, -0.25) is 0 Å². The van der Waals surface area contributed by atoms with E-state index >= 15 is 0 Å². The maximum Gasteiger partial charge on any atom is 0.187 e. The minimum absolute atomic E-state index is 0.0288. The molecule has 4 unspecified atom stereocenters. The van der Waals surface area contributed by atoms with Gasteiger partial charge in [-0.2, -0.15) is 0 Å². The van der Waals surface area contributed by atoms with Gasteiger partial charge in [0.1, 0.15) is 0 Å². The zero-order valence-corrected chi connectivity index (χ0v) is 84.4. The number of aromatic amines is 2. The van der Waals surface area contributed by atoms with Crippen LogP contribution in [-0.4, -0.2) is 23.9 Å². The van der Waals surface area contributed by atoms with Crippen LogP contribution in [-0.2, 0) is 49.4 Å². The molecule has 0 amide bonds. The molecule has 13 aromatic rings. The second-order valence-electron chi connectivity index (χ2n) is 41.1. The molecule has 0 spiro atoms. The quantitative estimate of drug-likeness (QED) is 0.0930. The van der Waals surface area contributed by atoms with E-state index in [1.165, 1.54) is 213 Å². The molecule has 0 radical (unpaired) electrons. The standard InChI is InChI=1S/C29H28.C19H34OSi.3C15H16.2C9H16.2C6H9N/c1-22-3-7-24(8-4-22)19-26-11-15-28(16-12-26)21-29-17-13-27(14-18-29)20-25-9-5-23(2)6-10-25;1-13-14(2)16(4)18(17(5)15(13)3)11-12-21(9,10)20-19(6,7)8;1-12-3-7-14(8-4-12)11-15-9-5-13(2)6-10-15;1-12-5-3-7-14(9-12)11-15-8-4-6-13(2)10-15;1-12-6-8-14(9-7-12)11-15-5-3-4-13(2)10-15;1-8-3-5-9(2,7-8)6-4-8;1-6-7(2)9-4-3-8(6)5-9;1-5-3-4-7-6(5)2;1-5-3-4-6(2)7-5/h3-18H,19-21H2,1-2H3;11-12H2,1-10H3;3*3-10H,11H2,1-2H3;3-7H2,1-2H3;6-9H,3-5H2,1-2H3;2*3-4,7H,1-2H3. The summed E-state index contributed by atoms with van der Waals surface area (Å²) in [6.07, 6.45) is 21.3. The lowest BCUT2D eigenvalue weighted by Gasteiger charge is -2.33. The van der Waals surface area contributed by atoms with Gasteiger partial charge in [-0.05, 0) is 412 Å². The molecule has 0 aliphatic heterocycles. The van der Waals surface area contributed by atoms with Gasteiger partial charge in [-0.1, -0.05) is 315 Å². The average Bonchev–Trinajstić information content (AvgIpc) is 1.64. The molecule has 4 fully saturated rings. The Hall–Kier alpha value is -9.84. The van der Waals surface area contributed by atoms with E-state index in [1.54, 1.807) is 12.0 Å². The van der Waals surface area contributed by atoms with Crippen LogP contribution in [0.3, 0.4) is 0 Å². The van der Waals surface area contributed by atoms with E-state index in [-0.39, 0.29) is 5.60 Å². The van der Waals surface area contributed by atoms with E-state index in [0.717, 1.165) is 79.4 Å². The van der Waals surface area contributed by atoms with Crippen molar-refractivity contribution < 1.29 is 4.43 Å². The molecule has 4 atom stereocenters. The summed E-state index contributed by atoms with van der Waals surface area (Å²) in [7, 11) is -1.62. The normalized spacial score (nSPS) is 17.3. The minimum atomic E-state index is -1.62. The van der Waals surface area contributed by atoms with Crippen LogP contribution in [0.5, 0.6) is 0 Å². The van der Waals surface area contributed by atoms with Crippen LogP contribution in [0.4, 0.5) is 0 Å². The van der Waals surface area contributed by atoms with Crippen LogP contribution in [0.1, 0.15) is 267 Å². The van der Waals surface area contributed by atoms with Gasteiger partial charge in [0.25, 0.3) is 0 Å². The largest absolute Gasteiger partial charge is 0.413 e. The molecule has 17 rings (SSSR count). The van der Waals surface area contributed by atoms with Crippen molar-refractivity contribution >= 4 is 8.32 Å². The molecule has 3 nitrogen and oxygen atoms in total. The predicted octanol–water partition coefficient (Wildman–Crippen LogP) is 33.5. The van der Waals surface area contributed by atoms with Gasteiger partial charge < -0.3 is 14.4 Å². The molecule has 4 aliphatic rings. The van der Waals surface area contributed by atoms with Crippen molar-refractivity contribution in [2.45, 2.75) is 287 Å². The lowest BCUT2D eigenvalue weighted by molar-refractivity contribution is 0.120. The first-order chi connectivity index (χ1) is 60.2. The molecule has 4 saturated carbocycles. The van der Waals surface area contributed by atoms with E-state index in [4.69, 9.17) is 4.43 Å². The zero-order chi connectivity index (χ0) is 92.2. The Morgan fingerprint density at radius 2 is 0.598 bits per heavy atom. The summed E-state index contributed by atoms with van der Waals surface area (Å²) < 4.78 is 6.35. The van der Waals surface area contributed by atoms with Gasteiger partial charge in [-0.15, -0.1) is 0 Å². The molecule has 2 heterocycles. The van der Waals surface area contributed by atoms with Crippen LogP contribution in [0, 0.1) is 152 Å². The fourth-order valence-corrected chi connectivity index (χ4v) is 21.7. The second kappa shape index (κ2) is 48.0. The van der Waals surface area contributed by atoms with Crippen LogP contribution < -0.4 is 0 Å². The number of fused-ring (bicyclic) bond motifs is 4. The second-order valence-corrected chi connectivity index (χ2v) is 45.3. The van der Waals surface area contributed by atoms with Crippen molar-refractivity contribution in [3.05, 3.63) is 434 Å². The third-order valence-electron chi connectivity index (χ3n) is 27.6. The summed E-state index contributed by atoms with van der Waals surface area (Å²) >= 11 is 0. The molecule has 4 heteroatoms. The summed E-state index contributed by atoms with van der Waals surface area (Å²) in [6.45, 7) is 57.6. The first kappa shape index (κ1) is 101. The third-order valence-corrected chi connectivity index (χ3v) is 30.2. The Balaban J connectivity index is 0.000000167. The van der Waals surface area contributed by atoms with Gasteiger partial charge in [0.05, 0.1) is 0 Å². The van der Waals surface area contributed by atoms with E-state index in [2.05, 4.69) is 436 Å². The molecule has 2 N–H and O–H groups in total. The van der Waals surface area contributed by atoms with Gasteiger partial charge >= 0.3 is 0 Å². The van der Waals surface area contributed by atoms with Gasteiger partial charge in [0, 0.05) is 28.9 Å². The van der Waals surface area contributed by atoms with Crippen LogP contribution in [0.2, 0.25) is 19.1 Å². The number of hydrogen-bond acceptors (Lipinski definition) is 1. The highest BCUT2D eigenvalue weighted by Gasteiger charge is 2.48. The molecule has 2 aromatic heterocycles. The number of rotatable bonds is 16. The van der Waals surface area contributed by atoms with Gasteiger partial charge in [0.2, 0.25) is 0 Å². The summed E-state index contributed by atoms with van der Waals surface area (Å²) in [5.74, 6) is 4.32.